The molecule has 0 unspecified atom stereocenters. The van der Waals surface area contributed by atoms with Gasteiger partial charge in [-0.1, -0.05) is 31.7 Å². The Labute approximate surface area is 224 Å². The zero-order valence-electron chi connectivity index (χ0n) is 22.1. The molecule has 1 N–H and O–H groups in total. The normalized spacial score (nSPS) is 29.2. The molecule has 0 spiro atoms. The first-order valence-corrected chi connectivity index (χ1v) is 14.0. The first-order valence-electron chi connectivity index (χ1n) is 13.0. The molecular weight excluding hydrogens is 516 g/mol. The Balaban J connectivity index is 1.47. The van der Waals surface area contributed by atoms with Crippen LogP contribution in [0.5, 0.6) is 0 Å². The maximum Gasteiger partial charge on any atom is 0.353 e. The van der Waals surface area contributed by atoms with E-state index in [-0.39, 0.29) is 53.5 Å². The van der Waals surface area contributed by atoms with Gasteiger partial charge in [-0.15, -0.1) is 0 Å². The van der Waals surface area contributed by atoms with E-state index in [4.69, 9.17) is 9.47 Å². The monoisotopic (exact) mass is 549 g/mol. The van der Waals surface area contributed by atoms with E-state index in [0.717, 1.165) is 24.7 Å². The minimum atomic E-state index is -0.904. The molecule has 1 aromatic heterocycles. The van der Waals surface area contributed by atoms with Gasteiger partial charge in [-0.2, -0.15) is 9.97 Å². The average Bonchev–Trinajstić information content (AvgIpc) is 3.52. The number of nitrogens with zero attached hydrogens (tertiary/aromatic N) is 4. The Hall–Kier alpha value is -2.57. The van der Waals surface area contributed by atoms with Crippen LogP contribution in [0.4, 0.5) is 26.1 Å². The van der Waals surface area contributed by atoms with Crippen molar-refractivity contribution in [3.8, 4) is 0 Å². The van der Waals surface area contributed by atoms with E-state index in [1.807, 2.05) is 20.8 Å². The number of thioether (sulfide) groups is 1. The highest BCUT2D eigenvalue weighted by atomic mass is 32.2. The fraction of sp³-hybridized carbons (Fsp3) is 0.615. The number of nitrogens with one attached hydrogen (secondary N) is 1. The standard InChI is InChI=1S/C26H33F2N5O4S/c1-6-9-38-25-30-23(29-18-10-13(2)21-22(18)37-26(3,4)36-21)20(33(34)35)24(31-25)32(5)19-12-15(19)14-7-8-16(27)17(28)11-14/h7-8,11,13,15,18-19,21-22H,6,9-10,12H2,1-5H3,(H,29,30,31)/t13-,15-,18+,19+,21+,22-/m0/s1. The summed E-state index contributed by atoms with van der Waals surface area (Å²) in [6, 6.07) is 3.50. The Morgan fingerprint density at radius 3 is 2.63 bits per heavy atom. The second kappa shape index (κ2) is 10.2. The maximum atomic E-state index is 13.8. The quantitative estimate of drug-likeness (QED) is 0.188. The van der Waals surface area contributed by atoms with Crippen molar-refractivity contribution in [2.75, 3.05) is 23.0 Å². The number of likely N-dealkylation sites (N-methyl/N-ethyl adjacent to an activating group) is 1. The molecule has 1 aliphatic heterocycles. The van der Waals surface area contributed by atoms with Gasteiger partial charge in [0.05, 0.1) is 17.1 Å². The summed E-state index contributed by atoms with van der Waals surface area (Å²) in [6.45, 7) is 7.87. The molecule has 1 saturated heterocycles. The molecule has 0 amide bonds. The van der Waals surface area contributed by atoms with E-state index < -0.39 is 22.3 Å². The number of hydrogen-bond acceptors (Lipinski definition) is 9. The molecule has 6 atom stereocenters. The summed E-state index contributed by atoms with van der Waals surface area (Å²) in [7, 11) is 1.75. The SMILES string of the molecule is CCCSc1nc(N[C@@H]2C[C@H](C)[C@H]3OC(C)(C)O[C@H]32)c([N+](=O)[O-])c(N(C)[C@@H]2C[C@H]2c2ccc(F)c(F)c2)n1. The molecule has 1 aromatic carbocycles. The van der Waals surface area contributed by atoms with Crippen LogP contribution in [0.15, 0.2) is 23.4 Å². The first kappa shape index (κ1) is 27.0. The van der Waals surface area contributed by atoms with Crippen LogP contribution in [0.3, 0.4) is 0 Å². The summed E-state index contributed by atoms with van der Waals surface area (Å²) in [5.41, 5.74) is 0.446. The molecule has 2 aliphatic carbocycles. The molecule has 0 bridgehead atoms. The molecule has 3 aliphatic rings. The molecule has 38 heavy (non-hydrogen) atoms. The third-order valence-corrected chi connectivity index (χ3v) is 8.55. The lowest BCUT2D eigenvalue weighted by molar-refractivity contribution is -0.383. The van der Waals surface area contributed by atoms with Gasteiger partial charge in [-0.25, -0.2) is 8.78 Å². The zero-order chi connectivity index (χ0) is 27.4. The lowest BCUT2D eigenvalue weighted by Gasteiger charge is -2.25. The highest BCUT2D eigenvalue weighted by Crippen LogP contribution is 2.49. The molecular formula is C26H33F2N5O4S. The van der Waals surface area contributed by atoms with Crippen molar-refractivity contribution in [2.24, 2.45) is 5.92 Å². The van der Waals surface area contributed by atoms with E-state index in [2.05, 4.69) is 22.2 Å². The lowest BCUT2D eigenvalue weighted by Crippen LogP contribution is -2.35. The first-order chi connectivity index (χ1) is 18.0. The Kier molecular flexibility index (Phi) is 7.25. The van der Waals surface area contributed by atoms with Crippen molar-refractivity contribution in [2.45, 2.75) is 88.1 Å². The summed E-state index contributed by atoms with van der Waals surface area (Å²) in [5.74, 6) is -1.29. The number of ether oxygens (including phenoxy) is 2. The van der Waals surface area contributed by atoms with Crippen molar-refractivity contribution in [1.82, 2.24) is 9.97 Å². The van der Waals surface area contributed by atoms with Crippen molar-refractivity contribution >= 4 is 29.1 Å². The number of anilines is 2. The van der Waals surface area contributed by atoms with E-state index >= 15 is 0 Å². The molecule has 2 aromatic rings. The fourth-order valence-electron chi connectivity index (χ4n) is 5.62. The van der Waals surface area contributed by atoms with E-state index in [1.54, 1.807) is 18.0 Å². The zero-order valence-corrected chi connectivity index (χ0v) is 22.9. The van der Waals surface area contributed by atoms with E-state index in [9.17, 15) is 18.9 Å². The fourth-order valence-corrected chi connectivity index (χ4v) is 6.31. The van der Waals surface area contributed by atoms with Crippen LogP contribution < -0.4 is 10.2 Å². The van der Waals surface area contributed by atoms with Crippen LogP contribution in [0, 0.1) is 27.7 Å². The number of aromatic nitrogens is 2. The molecule has 3 fully saturated rings. The maximum absolute atomic E-state index is 13.8. The van der Waals surface area contributed by atoms with Gasteiger partial charge >= 0.3 is 5.69 Å². The summed E-state index contributed by atoms with van der Waals surface area (Å²) in [4.78, 5) is 22.9. The van der Waals surface area contributed by atoms with Crippen LogP contribution in [0.1, 0.15) is 58.4 Å². The van der Waals surface area contributed by atoms with Crippen LogP contribution in [-0.4, -0.2) is 57.8 Å². The number of fused-ring (bicyclic) bond motifs is 1. The Morgan fingerprint density at radius 2 is 1.95 bits per heavy atom. The highest BCUT2D eigenvalue weighted by molar-refractivity contribution is 7.99. The molecule has 2 heterocycles. The second-order valence-corrected chi connectivity index (χ2v) is 11.9. The molecule has 2 saturated carbocycles. The van der Waals surface area contributed by atoms with Crippen molar-refractivity contribution < 1.29 is 23.2 Å². The summed E-state index contributed by atoms with van der Waals surface area (Å²) < 4.78 is 39.5. The third kappa shape index (κ3) is 5.17. The van der Waals surface area contributed by atoms with Crippen molar-refractivity contribution in [3.05, 3.63) is 45.5 Å². The third-order valence-electron chi connectivity index (χ3n) is 7.49. The average molecular weight is 550 g/mol. The molecule has 206 valence electrons. The van der Waals surface area contributed by atoms with Gasteiger partial charge in [-0.3, -0.25) is 10.1 Å². The Morgan fingerprint density at radius 1 is 1.21 bits per heavy atom. The lowest BCUT2D eigenvalue weighted by atomic mass is 10.1. The largest absolute Gasteiger partial charge is 0.359 e. The van der Waals surface area contributed by atoms with Gasteiger partial charge in [0.15, 0.2) is 22.6 Å². The van der Waals surface area contributed by atoms with Crippen molar-refractivity contribution in [3.63, 3.8) is 0 Å². The summed E-state index contributed by atoms with van der Waals surface area (Å²) >= 11 is 1.44. The second-order valence-electron chi connectivity index (χ2n) is 10.9. The Bertz CT molecular complexity index is 1230. The van der Waals surface area contributed by atoms with Crippen LogP contribution in [0.25, 0.3) is 0 Å². The summed E-state index contributed by atoms with van der Waals surface area (Å²) in [5, 5.41) is 16.2. The summed E-state index contributed by atoms with van der Waals surface area (Å²) in [6.07, 6.45) is 1.89. The molecule has 0 radical (unpaired) electrons. The minimum absolute atomic E-state index is 0.0875. The molecule has 5 rings (SSSR count). The van der Waals surface area contributed by atoms with Gasteiger partial charge in [0.1, 0.15) is 6.10 Å². The topological polar surface area (TPSA) is 103 Å². The smallest absolute Gasteiger partial charge is 0.353 e. The predicted octanol–water partition coefficient (Wildman–Crippen LogP) is 5.50. The van der Waals surface area contributed by atoms with Gasteiger partial charge in [0.2, 0.25) is 11.6 Å². The van der Waals surface area contributed by atoms with Crippen molar-refractivity contribution in [1.29, 1.82) is 0 Å². The van der Waals surface area contributed by atoms with E-state index in [1.165, 1.54) is 17.8 Å². The van der Waals surface area contributed by atoms with Gasteiger partial charge in [0, 0.05) is 24.8 Å². The van der Waals surface area contributed by atoms with Crippen LogP contribution in [0.2, 0.25) is 0 Å². The van der Waals surface area contributed by atoms with Gasteiger partial charge < -0.3 is 19.7 Å². The molecule has 9 nitrogen and oxygen atoms in total. The number of hydrogen-bond donors (Lipinski definition) is 1. The van der Waals surface area contributed by atoms with Crippen LogP contribution in [-0.2, 0) is 9.47 Å². The number of rotatable bonds is 9. The predicted molar refractivity (Wildman–Crippen MR) is 141 cm³/mol. The number of benzene rings is 1. The molecule has 12 heteroatoms. The minimum Gasteiger partial charge on any atom is -0.359 e. The number of halogens is 2. The van der Waals surface area contributed by atoms with Crippen LogP contribution >= 0.6 is 11.8 Å². The van der Waals surface area contributed by atoms with Gasteiger partial charge in [0.25, 0.3) is 0 Å². The highest BCUT2D eigenvalue weighted by Gasteiger charge is 2.53. The van der Waals surface area contributed by atoms with Gasteiger partial charge in [-0.05, 0) is 56.7 Å². The number of nitro groups is 1. The van der Waals surface area contributed by atoms with E-state index in [0.29, 0.717) is 17.1 Å².